The third kappa shape index (κ3) is 2.65. The molecule has 1 unspecified atom stereocenters. The number of likely N-dealkylation sites (tertiary alicyclic amines) is 1. The van der Waals surface area contributed by atoms with Crippen LogP contribution < -0.4 is 0 Å². The third-order valence-corrected chi connectivity index (χ3v) is 4.95. The molecule has 2 aliphatic rings. The Labute approximate surface area is 117 Å². The average molecular weight is 268 g/mol. The summed E-state index contributed by atoms with van der Waals surface area (Å²) < 4.78 is 6.11. The summed E-state index contributed by atoms with van der Waals surface area (Å²) in [5, 5.41) is 0. The lowest BCUT2D eigenvalue weighted by molar-refractivity contribution is -0.219. The first-order chi connectivity index (χ1) is 8.95. The molecule has 2 saturated heterocycles. The lowest BCUT2D eigenvalue weighted by Gasteiger charge is -2.54. The van der Waals surface area contributed by atoms with Crippen molar-refractivity contribution in [3.8, 4) is 0 Å². The number of ether oxygens (including phenoxy) is 1. The van der Waals surface area contributed by atoms with E-state index in [1.807, 2.05) is 4.90 Å². The summed E-state index contributed by atoms with van der Waals surface area (Å²) >= 11 is 0. The maximum Gasteiger partial charge on any atom is 0.227 e. The largest absolute Gasteiger partial charge is 0.354 e. The Hall–Kier alpha value is -0.610. The van der Waals surface area contributed by atoms with Crippen LogP contribution in [0.25, 0.3) is 0 Å². The van der Waals surface area contributed by atoms with E-state index in [1.54, 1.807) is 0 Å². The fourth-order valence-electron chi connectivity index (χ4n) is 3.31. The van der Waals surface area contributed by atoms with Crippen LogP contribution in [0, 0.1) is 0 Å². The van der Waals surface area contributed by atoms with E-state index in [2.05, 4.69) is 32.6 Å². The molecule has 0 radical (unpaired) electrons. The van der Waals surface area contributed by atoms with E-state index in [9.17, 15) is 4.79 Å². The molecular weight excluding hydrogens is 240 g/mol. The van der Waals surface area contributed by atoms with Crippen LogP contribution in [0.3, 0.4) is 0 Å². The Morgan fingerprint density at radius 2 is 2.11 bits per heavy atom. The Bertz CT molecular complexity index is 339. The SMILES string of the molecule is CCN1C(=O)CCOC12CCCN(C(C)(C)CC)C2. The Balaban J connectivity index is 2.20. The van der Waals surface area contributed by atoms with E-state index in [-0.39, 0.29) is 17.2 Å². The molecule has 0 aromatic heterocycles. The highest BCUT2D eigenvalue weighted by Gasteiger charge is 2.47. The number of nitrogens with zero attached hydrogens (tertiary/aromatic N) is 2. The second kappa shape index (κ2) is 5.41. The van der Waals surface area contributed by atoms with Crippen LogP contribution in [0.4, 0.5) is 0 Å². The van der Waals surface area contributed by atoms with Crippen LogP contribution in [0.1, 0.15) is 53.4 Å². The molecule has 0 saturated carbocycles. The van der Waals surface area contributed by atoms with Gasteiger partial charge in [0.15, 0.2) is 5.72 Å². The molecule has 2 rings (SSSR count). The van der Waals surface area contributed by atoms with Crippen molar-refractivity contribution in [2.24, 2.45) is 0 Å². The minimum Gasteiger partial charge on any atom is -0.354 e. The number of rotatable bonds is 3. The van der Waals surface area contributed by atoms with E-state index in [0.29, 0.717) is 13.0 Å². The number of hydrogen-bond donors (Lipinski definition) is 0. The van der Waals surface area contributed by atoms with Gasteiger partial charge in [0.1, 0.15) is 0 Å². The topological polar surface area (TPSA) is 32.8 Å². The van der Waals surface area contributed by atoms with Crippen LogP contribution >= 0.6 is 0 Å². The molecule has 4 heteroatoms. The molecule has 0 aromatic carbocycles. The zero-order valence-corrected chi connectivity index (χ0v) is 12.9. The second-order valence-corrected chi connectivity index (χ2v) is 6.37. The molecule has 0 aromatic rings. The lowest BCUT2D eigenvalue weighted by atomic mass is 9.90. The van der Waals surface area contributed by atoms with Gasteiger partial charge in [-0.15, -0.1) is 0 Å². The number of carbonyl (C=O) groups is 1. The zero-order chi connectivity index (χ0) is 14.1. The average Bonchev–Trinajstić information content (AvgIpc) is 2.39. The molecular formula is C15H28N2O2. The van der Waals surface area contributed by atoms with Gasteiger partial charge in [-0.2, -0.15) is 0 Å². The molecule has 2 heterocycles. The summed E-state index contributed by atoms with van der Waals surface area (Å²) in [5.74, 6) is 0.255. The summed E-state index contributed by atoms with van der Waals surface area (Å²) in [7, 11) is 0. The standard InChI is InChI=1S/C15H28N2O2/c1-5-14(3,4)16-10-7-9-15(12-16)17(6-2)13(18)8-11-19-15/h5-12H2,1-4H3. The molecule has 1 spiro atoms. The Kier molecular flexibility index (Phi) is 4.21. The minimum atomic E-state index is -0.366. The lowest BCUT2D eigenvalue weighted by Crippen LogP contribution is -2.66. The molecule has 0 N–H and O–H groups in total. The molecule has 4 nitrogen and oxygen atoms in total. The maximum absolute atomic E-state index is 12.2. The Morgan fingerprint density at radius 1 is 1.37 bits per heavy atom. The molecule has 2 fully saturated rings. The third-order valence-electron chi connectivity index (χ3n) is 4.95. The first kappa shape index (κ1) is 14.8. The van der Waals surface area contributed by atoms with Gasteiger partial charge in [0.05, 0.1) is 13.0 Å². The molecule has 1 atom stereocenters. The van der Waals surface area contributed by atoms with Crippen LogP contribution in [-0.2, 0) is 9.53 Å². The number of likely N-dealkylation sites (N-methyl/N-ethyl adjacent to an activating group) is 1. The minimum absolute atomic E-state index is 0.177. The van der Waals surface area contributed by atoms with Gasteiger partial charge in [0.25, 0.3) is 0 Å². The molecule has 110 valence electrons. The van der Waals surface area contributed by atoms with Crippen molar-refractivity contribution in [1.82, 2.24) is 9.80 Å². The van der Waals surface area contributed by atoms with E-state index >= 15 is 0 Å². The number of piperidine rings is 1. The molecule has 0 bridgehead atoms. The summed E-state index contributed by atoms with van der Waals surface area (Å²) in [4.78, 5) is 16.6. The zero-order valence-electron chi connectivity index (χ0n) is 12.9. The van der Waals surface area contributed by atoms with Gasteiger partial charge >= 0.3 is 0 Å². The van der Waals surface area contributed by atoms with Crippen LogP contribution in [0.5, 0.6) is 0 Å². The molecule has 2 aliphatic heterocycles. The predicted octanol–water partition coefficient (Wildman–Crippen LogP) is 2.24. The monoisotopic (exact) mass is 268 g/mol. The highest BCUT2D eigenvalue weighted by Crippen LogP contribution is 2.35. The van der Waals surface area contributed by atoms with Crippen molar-refractivity contribution in [2.45, 2.75) is 64.6 Å². The normalized spacial score (nSPS) is 30.1. The van der Waals surface area contributed by atoms with Crippen LogP contribution in [-0.4, -0.2) is 53.2 Å². The van der Waals surface area contributed by atoms with E-state index in [4.69, 9.17) is 4.74 Å². The number of hydrogen-bond acceptors (Lipinski definition) is 3. The summed E-state index contributed by atoms with van der Waals surface area (Å²) in [5.41, 5.74) is -0.189. The first-order valence-corrected chi connectivity index (χ1v) is 7.64. The second-order valence-electron chi connectivity index (χ2n) is 6.37. The van der Waals surface area contributed by atoms with Gasteiger partial charge in [-0.1, -0.05) is 6.92 Å². The highest BCUT2D eigenvalue weighted by atomic mass is 16.5. The summed E-state index contributed by atoms with van der Waals surface area (Å²) in [6.45, 7) is 12.1. The molecule has 19 heavy (non-hydrogen) atoms. The van der Waals surface area contributed by atoms with Gasteiger partial charge in [0, 0.05) is 18.6 Å². The smallest absolute Gasteiger partial charge is 0.227 e. The van der Waals surface area contributed by atoms with E-state index < -0.39 is 0 Å². The summed E-state index contributed by atoms with van der Waals surface area (Å²) in [6, 6.07) is 0. The molecule has 0 aliphatic carbocycles. The first-order valence-electron chi connectivity index (χ1n) is 7.64. The quantitative estimate of drug-likeness (QED) is 0.787. The van der Waals surface area contributed by atoms with Gasteiger partial charge < -0.3 is 9.64 Å². The summed E-state index contributed by atoms with van der Waals surface area (Å²) in [6.07, 6.45) is 3.73. The fraction of sp³-hybridized carbons (Fsp3) is 0.933. The predicted molar refractivity (Wildman–Crippen MR) is 75.9 cm³/mol. The highest BCUT2D eigenvalue weighted by molar-refractivity contribution is 5.77. The van der Waals surface area contributed by atoms with Crippen molar-refractivity contribution in [2.75, 3.05) is 26.2 Å². The van der Waals surface area contributed by atoms with E-state index in [0.717, 1.165) is 38.9 Å². The van der Waals surface area contributed by atoms with Gasteiger partial charge in [0.2, 0.25) is 5.91 Å². The molecule has 1 amide bonds. The maximum atomic E-state index is 12.2. The fourth-order valence-corrected chi connectivity index (χ4v) is 3.31. The van der Waals surface area contributed by atoms with Crippen LogP contribution in [0.15, 0.2) is 0 Å². The van der Waals surface area contributed by atoms with Crippen molar-refractivity contribution >= 4 is 5.91 Å². The van der Waals surface area contributed by atoms with Crippen molar-refractivity contribution < 1.29 is 9.53 Å². The van der Waals surface area contributed by atoms with Crippen LogP contribution in [0.2, 0.25) is 0 Å². The van der Waals surface area contributed by atoms with Crippen molar-refractivity contribution in [3.63, 3.8) is 0 Å². The van der Waals surface area contributed by atoms with Crippen molar-refractivity contribution in [3.05, 3.63) is 0 Å². The number of carbonyl (C=O) groups excluding carboxylic acids is 1. The van der Waals surface area contributed by atoms with E-state index in [1.165, 1.54) is 0 Å². The Morgan fingerprint density at radius 3 is 2.74 bits per heavy atom. The van der Waals surface area contributed by atoms with Gasteiger partial charge in [-0.05, 0) is 46.6 Å². The number of amides is 1. The van der Waals surface area contributed by atoms with Crippen molar-refractivity contribution in [1.29, 1.82) is 0 Å². The van der Waals surface area contributed by atoms with Gasteiger partial charge in [-0.25, -0.2) is 0 Å². The van der Waals surface area contributed by atoms with Gasteiger partial charge in [-0.3, -0.25) is 9.69 Å².